The fourth-order valence-electron chi connectivity index (χ4n) is 1.60. The van der Waals surface area contributed by atoms with Crippen molar-refractivity contribution in [3.8, 4) is 0 Å². The quantitative estimate of drug-likeness (QED) is 0.587. The van der Waals surface area contributed by atoms with Crippen molar-refractivity contribution >= 4 is 16.5 Å². The van der Waals surface area contributed by atoms with Crippen LogP contribution in [0.25, 0.3) is 0 Å². The Labute approximate surface area is 101 Å². The third-order valence-corrected chi connectivity index (χ3v) is 4.03. The van der Waals surface area contributed by atoms with Crippen molar-refractivity contribution in [3.63, 3.8) is 0 Å². The first kappa shape index (κ1) is 13.2. The van der Waals surface area contributed by atoms with Crippen LogP contribution in [0.3, 0.4) is 0 Å². The van der Waals surface area contributed by atoms with Crippen molar-refractivity contribution in [3.05, 3.63) is 29.8 Å². The normalized spacial score (nSPS) is 12.6. The number of anilines is 1. The van der Waals surface area contributed by atoms with Gasteiger partial charge in [-0.1, -0.05) is 38.0 Å². The third-order valence-electron chi connectivity index (χ3n) is 2.63. The maximum atomic E-state index is 11.7. The van der Waals surface area contributed by atoms with Crippen LogP contribution < -0.4 is 5.73 Å². The SMILES string of the molecule is CCCCCS(=O)CCc1ccccc1N. The highest BCUT2D eigenvalue weighted by Crippen LogP contribution is 2.11. The maximum Gasteiger partial charge on any atom is 0.0346 e. The van der Waals surface area contributed by atoms with Crippen LogP contribution in [0.4, 0.5) is 5.69 Å². The zero-order valence-electron chi connectivity index (χ0n) is 9.95. The van der Waals surface area contributed by atoms with E-state index in [1.54, 1.807) is 0 Å². The van der Waals surface area contributed by atoms with Crippen LogP contribution in [0.15, 0.2) is 24.3 Å². The molecule has 0 spiro atoms. The first-order valence-corrected chi connectivity index (χ1v) is 7.41. The van der Waals surface area contributed by atoms with Crippen LogP contribution in [0, 0.1) is 0 Å². The largest absolute Gasteiger partial charge is 0.399 e. The zero-order valence-corrected chi connectivity index (χ0v) is 10.8. The smallest absolute Gasteiger partial charge is 0.0346 e. The number of hydrogen-bond donors (Lipinski definition) is 1. The number of aryl methyl sites for hydroxylation is 1. The summed E-state index contributed by atoms with van der Waals surface area (Å²) in [6, 6.07) is 7.82. The molecular weight excluding hydrogens is 218 g/mol. The number of hydrogen-bond acceptors (Lipinski definition) is 2. The summed E-state index contributed by atoms with van der Waals surface area (Å²) in [4.78, 5) is 0. The van der Waals surface area contributed by atoms with E-state index in [0.717, 1.165) is 35.6 Å². The molecule has 0 radical (unpaired) electrons. The predicted molar refractivity (Wildman–Crippen MR) is 72.0 cm³/mol. The summed E-state index contributed by atoms with van der Waals surface area (Å²) >= 11 is 0. The van der Waals surface area contributed by atoms with Gasteiger partial charge in [-0.05, 0) is 24.5 Å². The molecule has 1 aromatic carbocycles. The molecule has 90 valence electrons. The maximum absolute atomic E-state index is 11.7. The molecule has 0 heterocycles. The number of benzene rings is 1. The molecule has 0 aliphatic heterocycles. The Bertz CT molecular complexity index is 338. The van der Waals surface area contributed by atoms with Crippen molar-refractivity contribution in [1.82, 2.24) is 0 Å². The Hall–Kier alpha value is -0.830. The first-order valence-electron chi connectivity index (χ1n) is 5.92. The molecule has 0 bridgehead atoms. The molecule has 0 amide bonds. The molecular formula is C13H21NOS. The van der Waals surface area contributed by atoms with Crippen LogP contribution in [-0.2, 0) is 17.2 Å². The van der Waals surface area contributed by atoms with Crippen molar-refractivity contribution < 1.29 is 4.21 Å². The highest BCUT2D eigenvalue weighted by atomic mass is 32.2. The summed E-state index contributed by atoms with van der Waals surface area (Å²) in [5.41, 5.74) is 7.76. The molecule has 3 heteroatoms. The van der Waals surface area contributed by atoms with Crippen molar-refractivity contribution in [2.24, 2.45) is 0 Å². The number of unbranched alkanes of at least 4 members (excludes halogenated alkanes) is 2. The molecule has 1 atom stereocenters. The summed E-state index contributed by atoms with van der Waals surface area (Å²) in [7, 11) is -0.686. The Morgan fingerprint density at radius 2 is 1.94 bits per heavy atom. The van der Waals surface area contributed by atoms with Gasteiger partial charge in [-0.2, -0.15) is 0 Å². The lowest BCUT2D eigenvalue weighted by Crippen LogP contribution is -2.06. The second-order valence-corrected chi connectivity index (χ2v) is 5.70. The average Bonchev–Trinajstić information content (AvgIpc) is 2.28. The van der Waals surface area contributed by atoms with E-state index in [2.05, 4.69) is 6.92 Å². The van der Waals surface area contributed by atoms with Gasteiger partial charge in [0.1, 0.15) is 0 Å². The molecule has 0 fully saturated rings. The minimum Gasteiger partial charge on any atom is -0.399 e. The van der Waals surface area contributed by atoms with Crippen LogP contribution in [0.1, 0.15) is 31.7 Å². The van der Waals surface area contributed by atoms with E-state index < -0.39 is 10.8 Å². The lowest BCUT2D eigenvalue weighted by Gasteiger charge is -2.05. The minimum atomic E-state index is -0.686. The van der Waals surface area contributed by atoms with E-state index in [1.165, 1.54) is 12.8 Å². The molecule has 1 unspecified atom stereocenters. The van der Waals surface area contributed by atoms with Crippen molar-refractivity contribution in [2.45, 2.75) is 32.6 Å². The van der Waals surface area contributed by atoms with Gasteiger partial charge < -0.3 is 5.73 Å². The molecule has 2 nitrogen and oxygen atoms in total. The van der Waals surface area contributed by atoms with Gasteiger partial charge in [0, 0.05) is 28.0 Å². The topological polar surface area (TPSA) is 43.1 Å². The summed E-state index contributed by atoms with van der Waals surface area (Å²) in [5.74, 6) is 1.57. The molecule has 0 aromatic heterocycles. The van der Waals surface area contributed by atoms with Gasteiger partial charge in [-0.25, -0.2) is 0 Å². The van der Waals surface area contributed by atoms with Gasteiger partial charge in [0.15, 0.2) is 0 Å². The van der Waals surface area contributed by atoms with Crippen LogP contribution in [-0.4, -0.2) is 15.7 Å². The summed E-state index contributed by atoms with van der Waals surface area (Å²) in [5, 5.41) is 0. The Balaban J connectivity index is 2.29. The van der Waals surface area contributed by atoms with Gasteiger partial charge in [0.2, 0.25) is 0 Å². The van der Waals surface area contributed by atoms with E-state index >= 15 is 0 Å². The van der Waals surface area contributed by atoms with E-state index in [9.17, 15) is 4.21 Å². The molecule has 0 aliphatic rings. The summed E-state index contributed by atoms with van der Waals surface area (Å²) in [6.45, 7) is 2.16. The predicted octanol–water partition coefficient (Wildman–Crippen LogP) is 2.75. The number of nitrogen functional groups attached to an aromatic ring is 1. The van der Waals surface area contributed by atoms with Crippen molar-refractivity contribution in [1.29, 1.82) is 0 Å². The minimum absolute atomic E-state index is 0.686. The standard InChI is InChI=1S/C13H21NOS/c1-2-3-6-10-16(15)11-9-12-7-4-5-8-13(12)14/h4-5,7-8H,2-3,6,9-11,14H2,1H3. The number of para-hydroxylation sites is 1. The van der Waals surface area contributed by atoms with Crippen LogP contribution >= 0.6 is 0 Å². The molecule has 2 N–H and O–H groups in total. The van der Waals surface area contributed by atoms with Gasteiger partial charge in [0.05, 0.1) is 0 Å². The fourth-order valence-corrected chi connectivity index (χ4v) is 2.78. The summed E-state index contributed by atoms with van der Waals surface area (Å²) < 4.78 is 11.7. The molecule has 0 aliphatic carbocycles. The van der Waals surface area contributed by atoms with Crippen LogP contribution in [0.5, 0.6) is 0 Å². The van der Waals surface area contributed by atoms with E-state index in [0.29, 0.717) is 0 Å². The zero-order chi connectivity index (χ0) is 11.8. The average molecular weight is 239 g/mol. The van der Waals surface area contributed by atoms with Gasteiger partial charge in [-0.3, -0.25) is 4.21 Å². The number of nitrogens with two attached hydrogens (primary N) is 1. The monoisotopic (exact) mass is 239 g/mol. The lowest BCUT2D eigenvalue weighted by molar-refractivity contribution is 0.675. The second-order valence-electron chi connectivity index (χ2n) is 4.00. The van der Waals surface area contributed by atoms with E-state index in [4.69, 9.17) is 5.73 Å². The van der Waals surface area contributed by atoms with Gasteiger partial charge in [0.25, 0.3) is 0 Å². The fraction of sp³-hybridized carbons (Fsp3) is 0.538. The van der Waals surface area contributed by atoms with Gasteiger partial charge >= 0.3 is 0 Å². The van der Waals surface area contributed by atoms with Crippen LogP contribution in [0.2, 0.25) is 0 Å². The first-order chi connectivity index (χ1) is 7.74. The second kappa shape index (κ2) is 7.44. The van der Waals surface area contributed by atoms with E-state index in [1.807, 2.05) is 24.3 Å². The Morgan fingerprint density at radius 3 is 2.62 bits per heavy atom. The van der Waals surface area contributed by atoms with Crippen molar-refractivity contribution in [2.75, 3.05) is 17.2 Å². The Morgan fingerprint density at radius 1 is 1.19 bits per heavy atom. The molecule has 16 heavy (non-hydrogen) atoms. The molecule has 1 rings (SSSR count). The molecule has 0 saturated carbocycles. The third kappa shape index (κ3) is 4.79. The highest BCUT2D eigenvalue weighted by Gasteiger charge is 2.02. The number of rotatable bonds is 7. The lowest BCUT2D eigenvalue weighted by atomic mass is 10.1. The molecule has 1 aromatic rings. The molecule has 0 saturated heterocycles. The highest BCUT2D eigenvalue weighted by molar-refractivity contribution is 7.84. The summed E-state index contributed by atoms with van der Waals surface area (Å²) in [6.07, 6.45) is 4.26. The van der Waals surface area contributed by atoms with E-state index in [-0.39, 0.29) is 0 Å². The Kier molecular flexibility index (Phi) is 6.16. The van der Waals surface area contributed by atoms with Gasteiger partial charge in [-0.15, -0.1) is 0 Å².